The number of hydrogen-bond donors (Lipinski definition) is 0. The van der Waals surface area contributed by atoms with Gasteiger partial charge in [0.15, 0.2) is 0 Å². The molecule has 0 aliphatic heterocycles. The van der Waals surface area contributed by atoms with E-state index in [1.807, 2.05) is 6.08 Å². The Bertz CT molecular complexity index is 804. The van der Waals surface area contributed by atoms with Gasteiger partial charge in [-0.1, -0.05) is 56.2 Å². The SMILES string of the molecule is C=CC(O/C(=C/C[P+](C1CCCCC1)(C1CCCCC1)C1CCCCC1)O[Si](C)(C)C)c1ccccc1.[Cl-]. The molecule has 3 saturated carbocycles. The monoisotopic (exact) mass is 576 g/mol. The number of allylic oxidation sites excluding steroid dienone is 1. The van der Waals surface area contributed by atoms with Crippen LogP contribution < -0.4 is 12.4 Å². The molecule has 0 N–H and O–H groups in total. The highest BCUT2D eigenvalue weighted by Crippen LogP contribution is 2.77. The maximum Gasteiger partial charge on any atom is 0.265 e. The van der Waals surface area contributed by atoms with Crippen LogP contribution in [0.3, 0.4) is 0 Å². The maximum absolute atomic E-state index is 6.70. The van der Waals surface area contributed by atoms with Gasteiger partial charge in [0, 0.05) is 13.3 Å². The Labute approximate surface area is 242 Å². The first kappa shape index (κ1) is 31.8. The van der Waals surface area contributed by atoms with Crippen LogP contribution in [0.1, 0.15) is 108 Å². The van der Waals surface area contributed by atoms with Gasteiger partial charge in [-0.05, 0) is 108 Å². The molecule has 0 spiro atoms. The van der Waals surface area contributed by atoms with E-state index in [4.69, 9.17) is 9.16 Å². The largest absolute Gasteiger partial charge is 1.00 e. The third kappa shape index (κ3) is 8.37. The van der Waals surface area contributed by atoms with Crippen molar-refractivity contribution in [3.05, 3.63) is 60.6 Å². The Hall–Kier alpha value is -0.763. The van der Waals surface area contributed by atoms with Gasteiger partial charge >= 0.3 is 0 Å². The summed E-state index contributed by atoms with van der Waals surface area (Å²) in [4.78, 5) is 0. The first-order chi connectivity index (χ1) is 17.9. The highest BCUT2D eigenvalue weighted by Gasteiger charge is 2.56. The average molecular weight is 577 g/mol. The van der Waals surface area contributed by atoms with Crippen molar-refractivity contribution in [2.75, 3.05) is 6.16 Å². The van der Waals surface area contributed by atoms with Gasteiger partial charge in [-0.3, -0.25) is 0 Å². The zero-order chi connectivity index (χ0) is 26.1. The van der Waals surface area contributed by atoms with Gasteiger partial charge in [0.2, 0.25) is 8.32 Å². The van der Waals surface area contributed by atoms with E-state index in [-0.39, 0.29) is 18.5 Å². The van der Waals surface area contributed by atoms with Gasteiger partial charge < -0.3 is 21.6 Å². The van der Waals surface area contributed by atoms with Crippen LogP contribution in [0.25, 0.3) is 0 Å². The summed E-state index contributed by atoms with van der Waals surface area (Å²) < 4.78 is 13.4. The first-order valence-electron chi connectivity index (χ1n) is 15.5. The molecule has 1 atom stereocenters. The zero-order valence-electron chi connectivity index (χ0n) is 24.5. The fraction of sp³-hybridized carbons (Fsp3) is 0.697. The van der Waals surface area contributed by atoms with E-state index in [2.05, 4.69) is 62.6 Å². The van der Waals surface area contributed by atoms with Gasteiger partial charge in [0.25, 0.3) is 5.95 Å². The molecule has 1 aromatic carbocycles. The lowest BCUT2D eigenvalue weighted by molar-refractivity contribution is -0.0000144. The Kier molecular flexibility index (Phi) is 12.8. The van der Waals surface area contributed by atoms with Crippen LogP contribution in [0.4, 0.5) is 0 Å². The Morgan fingerprint density at radius 1 is 0.816 bits per heavy atom. The molecule has 1 unspecified atom stereocenters. The Morgan fingerprint density at radius 3 is 1.66 bits per heavy atom. The van der Waals surface area contributed by atoms with Gasteiger partial charge in [0.05, 0.1) is 23.1 Å². The molecule has 214 valence electrons. The highest BCUT2D eigenvalue weighted by atomic mass is 35.5. The van der Waals surface area contributed by atoms with Crippen molar-refractivity contribution < 1.29 is 21.6 Å². The fourth-order valence-electron chi connectivity index (χ4n) is 7.70. The molecule has 0 radical (unpaired) electrons. The second-order valence-corrected chi connectivity index (χ2v) is 22.0. The number of halogens is 1. The van der Waals surface area contributed by atoms with Crippen LogP contribution in [-0.2, 0) is 9.16 Å². The van der Waals surface area contributed by atoms with Crippen molar-refractivity contribution in [3.8, 4) is 0 Å². The summed E-state index contributed by atoms with van der Waals surface area (Å²) in [5.41, 5.74) is 4.07. The minimum atomic E-state index is -1.83. The molecule has 5 heteroatoms. The molecule has 1 aromatic rings. The van der Waals surface area contributed by atoms with Crippen molar-refractivity contribution in [2.24, 2.45) is 0 Å². The van der Waals surface area contributed by atoms with Gasteiger partial charge in [0.1, 0.15) is 6.10 Å². The molecular formula is C33H54ClO2PSi. The van der Waals surface area contributed by atoms with Gasteiger partial charge in [-0.15, -0.1) is 0 Å². The quantitative estimate of drug-likeness (QED) is 0.117. The van der Waals surface area contributed by atoms with Crippen LogP contribution in [0.2, 0.25) is 19.6 Å². The standard InChI is InChI=1S/C33H54O2PSi.ClH/c1-5-32(28-18-10-6-11-19-28)34-33(35-37(2,3)4)26-27-36(29-20-12-7-13-21-29,30-22-14-8-15-23-30)31-24-16-9-17-25-31;/h5-6,10-11,18-19,26,29-32H,1,7-9,12-17,20-25,27H2,2-4H3;1H/q+1;/p-1/b33-26-;. The second-order valence-electron chi connectivity index (χ2n) is 13.0. The minimum Gasteiger partial charge on any atom is -1.00 e. The first-order valence-corrected chi connectivity index (χ1v) is 21.1. The van der Waals surface area contributed by atoms with Crippen LogP contribution in [0.5, 0.6) is 0 Å². The third-order valence-corrected chi connectivity index (χ3v) is 16.6. The molecule has 0 heterocycles. The van der Waals surface area contributed by atoms with E-state index < -0.39 is 15.6 Å². The normalized spacial score (nSPS) is 21.8. The molecule has 0 bridgehead atoms. The lowest BCUT2D eigenvalue weighted by atomic mass is 9.99. The van der Waals surface area contributed by atoms with Crippen molar-refractivity contribution in [2.45, 2.75) is 139 Å². The van der Waals surface area contributed by atoms with Crippen molar-refractivity contribution in [1.82, 2.24) is 0 Å². The van der Waals surface area contributed by atoms with E-state index in [1.165, 1.54) is 102 Å². The summed E-state index contributed by atoms with van der Waals surface area (Å²) in [5.74, 6) is 0.791. The molecule has 4 rings (SSSR count). The van der Waals surface area contributed by atoms with Crippen molar-refractivity contribution in [1.29, 1.82) is 0 Å². The summed E-state index contributed by atoms with van der Waals surface area (Å²) in [6, 6.07) is 10.5. The summed E-state index contributed by atoms with van der Waals surface area (Å²) in [5, 5.41) is 0. The molecule has 3 aliphatic rings. The molecule has 2 nitrogen and oxygen atoms in total. The van der Waals surface area contributed by atoms with E-state index in [9.17, 15) is 0 Å². The molecule has 3 aliphatic carbocycles. The predicted molar refractivity (Wildman–Crippen MR) is 165 cm³/mol. The number of hydrogen-bond acceptors (Lipinski definition) is 2. The summed E-state index contributed by atoms with van der Waals surface area (Å²) in [6.07, 6.45) is 27.5. The third-order valence-electron chi connectivity index (χ3n) is 9.33. The lowest BCUT2D eigenvalue weighted by Gasteiger charge is -2.48. The molecule has 0 aromatic heterocycles. The molecule has 38 heavy (non-hydrogen) atoms. The number of ether oxygens (including phenoxy) is 1. The topological polar surface area (TPSA) is 18.5 Å². The lowest BCUT2D eigenvalue weighted by Crippen LogP contribution is -3.00. The van der Waals surface area contributed by atoms with Gasteiger partial charge in [-0.25, -0.2) is 0 Å². The molecule has 3 fully saturated rings. The fourth-order valence-corrected chi connectivity index (χ4v) is 15.6. The summed E-state index contributed by atoms with van der Waals surface area (Å²) in [7, 11) is -3.04. The Balaban J connectivity index is 0.00000400. The molecular weight excluding hydrogens is 523 g/mol. The highest BCUT2D eigenvalue weighted by molar-refractivity contribution is 7.78. The number of rotatable bonds is 11. The van der Waals surface area contributed by atoms with Crippen LogP contribution in [0.15, 0.2) is 55.0 Å². The molecule has 0 saturated heterocycles. The minimum absolute atomic E-state index is 0. The summed E-state index contributed by atoms with van der Waals surface area (Å²) >= 11 is 0. The maximum atomic E-state index is 6.70. The predicted octanol–water partition coefficient (Wildman–Crippen LogP) is 7.64. The smallest absolute Gasteiger partial charge is 0.265 e. The van der Waals surface area contributed by atoms with Crippen LogP contribution >= 0.6 is 7.26 Å². The van der Waals surface area contributed by atoms with Crippen molar-refractivity contribution >= 4 is 15.6 Å². The van der Waals surface area contributed by atoms with Crippen LogP contribution in [0, 0.1) is 0 Å². The van der Waals surface area contributed by atoms with E-state index in [0.29, 0.717) is 0 Å². The van der Waals surface area contributed by atoms with Crippen LogP contribution in [-0.4, -0.2) is 31.5 Å². The van der Waals surface area contributed by atoms with E-state index in [0.717, 1.165) is 28.5 Å². The second kappa shape index (κ2) is 15.3. The average Bonchev–Trinajstić information content (AvgIpc) is 2.93. The van der Waals surface area contributed by atoms with E-state index >= 15 is 0 Å². The Morgan fingerprint density at radius 2 is 1.26 bits per heavy atom. The molecule has 0 amide bonds. The van der Waals surface area contributed by atoms with Gasteiger partial charge in [-0.2, -0.15) is 0 Å². The summed E-state index contributed by atoms with van der Waals surface area (Å²) in [6.45, 7) is 11.0. The number of benzene rings is 1. The van der Waals surface area contributed by atoms with E-state index in [1.54, 1.807) is 0 Å². The zero-order valence-corrected chi connectivity index (χ0v) is 27.2. The van der Waals surface area contributed by atoms with Crippen molar-refractivity contribution in [3.63, 3.8) is 0 Å².